The van der Waals surface area contributed by atoms with Crippen LogP contribution in [0.5, 0.6) is 0 Å². The average Bonchev–Trinajstić information content (AvgIpc) is 2.65. The zero-order valence-electron chi connectivity index (χ0n) is 8.92. The Morgan fingerprint density at radius 1 is 1.50 bits per heavy atom. The molecule has 2 rings (SSSR count). The van der Waals surface area contributed by atoms with Crippen LogP contribution in [-0.2, 0) is 6.18 Å². The van der Waals surface area contributed by atoms with Crippen molar-refractivity contribution < 1.29 is 13.2 Å². The Bertz CT molecular complexity index is 361. The Hall–Kier alpha value is -0.780. The number of alkyl halides is 3. The zero-order valence-corrected chi connectivity index (χ0v) is 9.74. The van der Waals surface area contributed by atoms with Crippen LogP contribution in [0.4, 0.5) is 18.3 Å². The van der Waals surface area contributed by atoms with Crippen LogP contribution in [0.25, 0.3) is 0 Å². The average molecular weight is 250 g/mol. The predicted octanol–water partition coefficient (Wildman–Crippen LogP) is 3.40. The summed E-state index contributed by atoms with van der Waals surface area (Å²) in [6, 6.07) is 0. The summed E-state index contributed by atoms with van der Waals surface area (Å²) in [6.07, 6.45) is -2.15. The summed E-state index contributed by atoms with van der Waals surface area (Å²) in [5, 5.41) is 1.59. The molecule has 1 saturated heterocycles. The summed E-state index contributed by atoms with van der Waals surface area (Å²) in [5.41, 5.74) is -0.772. The Labute approximate surface area is 96.1 Å². The minimum Gasteiger partial charge on any atom is -0.348 e. The first-order valence-corrected chi connectivity index (χ1v) is 6.12. The van der Waals surface area contributed by atoms with Gasteiger partial charge in [0, 0.05) is 18.5 Å². The standard InChI is InChI=1S/C10H13F3N2S/c1-7-3-2-4-15(5-7)9-14-8(6-16-9)10(11,12)13/h6-7H,2-5H2,1H3. The SMILES string of the molecule is CC1CCCN(c2nc(C(F)(F)F)cs2)C1. The zero-order chi connectivity index (χ0) is 11.8. The maximum atomic E-state index is 12.4. The molecule has 1 aromatic rings. The van der Waals surface area contributed by atoms with E-state index in [-0.39, 0.29) is 0 Å². The van der Waals surface area contributed by atoms with Gasteiger partial charge in [0.1, 0.15) is 0 Å². The molecule has 0 N–H and O–H groups in total. The number of halogens is 3. The molecule has 0 amide bonds. The third kappa shape index (κ3) is 2.48. The summed E-state index contributed by atoms with van der Waals surface area (Å²) >= 11 is 1.08. The van der Waals surface area contributed by atoms with Crippen LogP contribution < -0.4 is 4.90 Å². The normalized spacial score (nSPS) is 22.5. The van der Waals surface area contributed by atoms with Crippen molar-refractivity contribution in [1.82, 2.24) is 4.98 Å². The third-order valence-electron chi connectivity index (χ3n) is 2.71. The van der Waals surface area contributed by atoms with Gasteiger partial charge in [-0.15, -0.1) is 11.3 Å². The minimum absolute atomic E-state index is 0.499. The molecule has 2 heterocycles. The van der Waals surface area contributed by atoms with Crippen molar-refractivity contribution in [2.24, 2.45) is 5.92 Å². The molecule has 0 saturated carbocycles. The van der Waals surface area contributed by atoms with Crippen LogP contribution in [0.15, 0.2) is 5.38 Å². The molecule has 1 aromatic heterocycles. The lowest BCUT2D eigenvalue weighted by Gasteiger charge is -2.30. The van der Waals surface area contributed by atoms with Gasteiger partial charge < -0.3 is 4.90 Å². The fraction of sp³-hybridized carbons (Fsp3) is 0.700. The smallest absolute Gasteiger partial charge is 0.348 e. The molecule has 6 heteroatoms. The number of hydrogen-bond donors (Lipinski definition) is 0. The van der Waals surface area contributed by atoms with Gasteiger partial charge in [-0.2, -0.15) is 13.2 Å². The van der Waals surface area contributed by atoms with Gasteiger partial charge in [0.25, 0.3) is 0 Å². The monoisotopic (exact) mass is 250 g/mol. The van der Waals surface area contributed by atoms with Crippen molar-refractivity contribution in [3.63, 3.8) is 0 Å². The van der Waals surface area contributed by atoms with Crippen LogP contribution in [0, 0.1) is 5.92 Å². The molecule has 1 aliphatic rings. The van der Waals surface area contributed by atoms with E-state index in [9.17, 15) is 13.2 Å². The Balaban J connectivity index is 2.12. The van der Waals surface area contributed by atoms with E-state index in [1.807, 2.05) is 4.90 Å². The van der Waals surface area contributed by atoms with Crippen molar-refractivity contribution in [1.29, 1.82) is 0 Å². The van der Waals surface area contributed by atoms with E-state index in [4.69, 9.17) is 0 Å². The summed E-state index contributed by atoms with van der Waals surface area (Å²) in [7, 11) is 0. The highest BCUT2D eigenvalue weighted by Crippen LogP contribution is 2.34. The molecule has 0 radical (unpaired) electrons. The van der Waals surface area contributed by atoms with Crippen LogP contribution in [0.3, 0.4) is 0 Å². The van der Waals surface area contributed by atoms with Gasteiger partial charge in [0.15, 0.2) is 10.8 Å². The number of hydrogen-bond acceptors (Lipinski definition) is 3. The van der Waals surface area contributed by atoms with E-state index >= 15 is 0 Å². The van der Waals surface area contributed by atoms with Gasteiger partial charge >= 0.3 is 6.18 Å². The van der Waals surface area contributed by atoms with Crippen LogP contribution in [0.2, 0.25) is 0 Å². The van der Waals surface area contributed by atoms with Crippen LogP contribution in [0.1, 0.15) is 25.5 Å². The fourth-order valence-electron chi connectivity index (χ4n) is 1.90. The molecule has 16 heavy (non-hydrogen) atoms. The highest BCUT2D eigenvalue weighted by Gasteiger charge is 2.34. The van der Waals surface area contributed by atoms with Gasteiger partial charge in [0.2, 0.25) is 0 Å². The third-order valence-corrected chi connectivity index (χ3v) is 3.61. The Morgan fingerprint density at radius 2 is 2.25 bits per heavy atom. The molecule has 0 spiro atoms. The van der Waals surface area contributed by atoms with E-state index in [1.54, 1.807) is 0 Å². The molecule has 2 nitrogen and oxygen atoms in total. The molecule has 0 aromatic carbocycles. The van der Waals surface area contributed by atoms with Gasteiger partial charge in [-0.3, -0.25) is 0 Å². The Kier molecular flexibility index (Phi) is 3.10. The van der Waals surface area contributed by atoms with Crippen molar-refractivity contribution in [2.75, 3.05) is 18.0 Å². The number of anilines is 1. The van der Waals surface area contributed by atoms with Crippen molar-refractivity contribution in [2.45, 2.75) is 25.9 Å². The molecule has 1 unspecified atom stereocenters. The first-order chi connectivity index (χ1) is 7.47. The topological polar surface area (TPSA) is 16.1 Å². The molecule has 1 atom stereocenters. The summed E-state index contributed by atoms with van der Waals surface area (Å²) in [5.74, 6) is 0.534. The summed E-state index contributed by atoms with van der Waals surface area (Å²) in [4.78, 5) is 5.61. The summed E-state index contributed by atoms with van der Waals surface area (Å²) in [6.45, 7) is 3.74. The fourth-order valence-corrected chi connectivity index (χ4v) is 2.77. The van der Waals surface area contributed by atoms with Crippen molar-refractivity contribution in [3.8, 4) is 0 Å². The van der Waals surface area contributed by atoms with Crippen LogP contribution in [-0.4, -0.2) is 18.1 Å². The molecule has 90 valence electrons. The predicted molar refractivity (Wildman–Crippen MR) is 57.7 cm³/mol. The maximum absolute atomic E-state index is 12.4. The number of rotatable bonds is 1. The summed E-state index contributed by atoms with van der Waals surface area (Å²) < 4.78 is 37.1. The lowest BCUT2D eigenvalue weighted by molar-refractivity contribution is -0.140. The van der Waals surface area contributed by atoms with Gasteiger partial charge in [-0.1, -0.05) is 6.92 Å². The number of piperidine rings is 1. The highest BCUT2D eigenvalue weighted by atomic mass is 32.1. The second-order valence-electron chi connectivity index (χ2n) is 4.21. The van der Waals surface area contributed by atoms with Gasteiger partial charge in [-0.25, -0.2) is 4.98 Å². The number of nitrogens with zero attached hydrogens (tertiary/aromatic N) is 2. The lowest BCUT2D eigenvalue weighted by atomic mass is 10.0. The van der Waals surface area contributed by atoms with Gasteiger partial charge in [0.05, 0.1) is 0 Å². The number of aromatic nitrogens is 1. The van der Waals surface area contributed by atoms with E-state index in [0.717, 1.165) is 42.6 Å². The molecule has 0 bridgehead atoms. The molecule has 0 aliphatic carbocycles. The lowest BCUT2D eigenvalue weighted by Crippen LogP contribution is -2.34. The molecular formula is C10H13F3N2S. The maximum Gasteiger partial charge on any atom is 0.434 e. The second-order valence-corrected chi connectivity index (χ2v) is 5.04. The second kappa shape index (κ2) is 4.24. The molecule has 1 fully saturated rings. The minimum atomic E-state index is -4.32. The first-order valence-electron chi connectivity index (χ1n) is 5.24. The van der Waals surface area contributed by atoms with E-state index in [0.29, 0.717) is 11.0 Å². The van der Waals surface area contributed by atoms with Crippen LogP contribution >= 0.6 is 11.3 Å². The van der Waals surface area contributed by atoms with Gasteiger partial charge in [-0.05, 0) is 18.8 Å². The Morgan fingerprint density at radius 3 is 2.81 bits per heavy atom. The molecular weight excluding hydrogens is 237 g/mol. The van der Waals surface area contributed by atoms with E-state index < -0.39 is 11.9 Å². The van der Waals surface area contributed by atoms with Crippen molar-refractivity contribution >= 4 is 16.5 Å². The largest absolute Gasteiger partial charge is 0.434 e. The van der Waals surface area contributed by atoms with Crippen molar-refractivity contribution in [3.05, 3.63) is 11.1 Å². The molecule has 1 aliphatic heterocycles. The van der Waals surface area contributed by atoms with E-state index in [1.165, 1.54) is 0 Å². The number of thiazole rings is 1. The van der Waals surface area contributed by atoms with E-state index in [2.05, 4.69) is 11.9 Å². The quantitative estimate of drug-likeness (QED) is 0.759. The first kappa shape index (κ1) is 11.7. The highest BCUT2D eigenvalue weighted by molar-refractivity contribution is 7.13.